The van der Waals surface area contributed by atoms with E-state index in [-0.39, 0.29) is 11.4 Å². The number of aryl methyl sites for hydroxylation is 1. The lowest BCUT2D eigenvalue weighted by atomic mass is 10.1. The van der Waals surface area contributed by atoms with Gasteiger partial charge in [0.2, 0.25) is 5.43 Å². The van der Waals surface area contributed by atoms with Crippen LogP contribution in [0.2, 0.25) is 0 Å². The number of pyridine rings is 1. The van der Waals surface area contributed by atoms with Crippen LogP contribution >= 0.6 is 0 Å². The number of amides is 1. The van der Waals surface area contributed by atoms with Crippen LogP contribution in [0.25, 0.3) is 22.6 Å². The van der Waals surface area contributed by atoms with Crippen molar-refractivity contribution in [3.8, 4) is 16.9 Å². The zero-order valence-electron chi connectivity index (χ0n) is 18.8. The van der Waals surface area contributed by atoms with Gasteiger partial charge in [0.05, 0.1) is 11.3 Å². The lowest BCUT2D eigenvalue weighted by molar-refractivity contribution is -0.137. The van der Waals surface area contributed by atoms with Crippen LogP contribution in [0.5, 0.6) is 0 Å². The number of aromatic nitrogens is 4. The van der Waals surface area contributed by atoms with Crippen molar-refractivity contribution in [2.45, 2.75) is 13.1 Å². The number of nitrogens with one attached hydrogen (secondary N) is 1. The summed E-state index contributed by atoms with van der Waals surface area (Å²) in [4.78, 5) is 30.6. The van der Waals surface area contributed by atoms with Gasteiger partial charge in [-0.3, -0.25) is 14.0 Å². The van der Waals surface area contributed by atoms with Gasteiger partial charge in [-0.25, -0.2) is 9.67 Å². The van der Waals surface area contributed by atoms with E-state index in [1.165, 1.54) is 25.1 Å². The molecule has 0 aliphatic carbocycles. The summed E-state index contributed by atoms with van der Waals surface area (Å²) in [5, 5.41) is 6.74. The third-order valence-electron chi connectivity index (χ3n) is 5.57. The second-order valence-corrected chi connectivity index (χ2v) is 7.98. The van der Waals surface area contributed by atoms with Crippen LogP contribution in [0.3, 0.4) is 0 Å². The van der Waals surface area contributed by atoms with Crippen molar-refractivity contribution in [1.82, 2.24) is 19.2 Å². The number of rotatable bonds is 4. The number of halogens is 3. The Bertz CT molecular complexity index is 1660. The van der Waals surface area contributed by atoms with Gasteiger partial charge in [-0.2, -0.15) is 18.3 Å². The maximum Gasteiger partial charge on any atom is 0.418 e. The molecule has 3 heterocycles. The molecule has 0 spiro atoms. The maximum atomic E-state index is 13.6. The van der Waals surface area contributed by atoms with Gasteiger partial charge in [0, 0.05) is 23.5 Å². The first-order chi connectivity index (χ1) is 17.2. The van der Waals surface area contributed by atoms with Gasteiger partial charge >= 0.3 is 6.18 Å². The van der Waals surface area contributed by atoms with Crippen LogP contribution in [0.1, 0.15) is 21.7 Å². The topological polar surface area (TPSA) is 81.3 Å². The number of hydrogen-bond donors (Lipinski definition) is 1. The SMILES string of the molecule is Cc1cc(=O)c(C(=O)Nc2c(-c3ccccc3)nc3ccccn23)nn1-c1ccccc1C(F)(F)F. The standard InChI is InChI=1S/C26H18F3N5O2/c1-16-15-20(35)23(32-34(16)19-12-6-5-11-18(19)26(27,28)29)25(36)31-24-22(17-9-3-2-4-10-17)30-21-13-7-8-14-33(21)24/h2-15H,1H3,(H,31,36). The molecule has 0 fully saturated rings. The van der Waals surface area contributed by atoms with E-state index in [0.29, 0.717) is 17.2 Å². The first-order valence-corrected chi connectivity index (χ1v) is 10.9. The lowest BCUT2D eigenvalue weighted by Crippen LogP contribution is -2.28. The van der Waals surface area contributed by atoms with Gasteiger partial charge in [0.25, 0.3) is 5.91 Å². The van der Waals surface area contributed by atoms with E-state index >= 15 is 0 Å². The highest BCUT2D eigenvalue weighted by Gasteiger charge is 2.34. The zero-order valence-corrected chi connectivity index (χ0v) is 18.8. The van der Waals surface area contributed by atoms with Gasteiger partial charge in [0.15, 0.2) is 5.69 Å². The van der Waals surface area contributed by atoms with E-state index in [9.17, 15) is 22.8 Å². The summed E-state index contributed by atoms with van der Waals surface area (Å²) in [5.41, 5.74) is -0.619. The molecule has 0 bridgehead atoms. The van der Waals surface area contributed by atoms with Gasteiger partial charge in [-0.1, -0.05) is 48.5 Å². The Morgan fingerprint density at radius 2 is 1.64 bits per heavy atom. The molecular formula is C26H18F3N5O2. The molecule has 0 saturated carbocycles. The Labute approximate surface area is 202 Å². The second kappa shape index (κ2) is 8.81. The molecule has 0 aliphatic heterocycles. The molecule has 1 amide bonds. The largest absolute Gasteiger partial charge is 0.418 e. The normalized spacial score (nSPS) is 11.6. The molecular weight excluding hydrogens is 471 g/mol. The summed E-state index contributed by atoms with van der Waals surface area (Å²) in [5.74, 6) is -0.577. The highest BCUT2D eigenvalue weighted by atomic mass is 19.4. The van der Waals surface area contributed by atoms with Crippen molar-refractivity contribution >= 4 is 17.4 Å². The average molecular weight is 489 g/mol. The van der Waals surface area contributed by atoms with E-state index in [2.05, 4.69) is 15.4 Å². The number of fused-ring (bicyclic) bond motifs is 1. The number of benzene rings is 2. The number of para-hydroxylation sites is 1. The van der Waals surface area contributed by atoms with Crippen molar-refractivity contribution in [3.05, 3.63) is 112 Å². The first-order valence-electron chi connectivity index (χ1n) is 10.9. The fourth-order valence-electron chi connectivity index (χ4n) is 3.93. The number of nitrogens with zero attached hydrogens (tertiary/aromatic N) is 4. The Hall–Kier alpha value is -4.73. The fourth-order valence-corrected chi connectivity index (χ4v) is 3.93. The van der Waals surface area contributed by atoms with Crippen molar-refractivity contribution in [2.24, 2.45) is 0 Å². The molecule has 10 heteroatoms. The molecule has 1 N–H and O–H groups in total. The highest BCUT2D eigenvalue weighted by molar-refractivity contribution is 6.04. The number of carbonyl (C=O) groups is 1. The van der Waals surface area contributed by atoms with Gasteiger partial charge in [0.1, 0.15) is 17.2 Å². The molecule has 36 heavy (non-hydrogen) atoms. The van der Waals surface area contributed by atoms with Crippen molar-refractivity contribution in [2.75, 3.05) is 5.32 Å². The third-order valence-corrected chi connectivity index (χ3v) is 5.57. The number of hydrogen-bond acceptors (Lipinski definition) is 4. The Morgan fingerprint density at radius 3 is 2.39 bits per heavy atom. The fraction of sp³-hybridized carbons (Fsp3) is 0.0769. The molecule has 0 unspecified atom stereocenters. The highest BCUT2D eigenvalue weighted by Crippen LogP contribution is 2.34. The quantitative estimate of drug-likeness (QED) is 0.380. The summed E-state index contributed by atoms with van der Waals surface area (Å²) in [7, 11) is 0. The van der Waals surface area contributed by atoms with Crippen molar-refractivity contribution in [3.63, 3.8) is 0 Å². The summed E-state index contributed by atoms with van der Waals surface area (Å²) in [6.07, 6.45) is -2.96. The smallest absolute Gasteiger partial charge is 0.304 e. The Morgan fingerprint density at radius 1 is 0.944 bits per heavy atom. The minimum atomic E-state index is -4.66. The maximum absolute atomic E-state index is 13.6. The van der Waals surface area contributed by atoms with Crippen LogP contribution < -0.4 is 10.7 Å². The molecule has 0 aliphatic rings. The molecule has 7 nitrogen and oxygen atoms in total. The predicted molar refractivity (Wildman–Crippen MR) is 128 cm³/mol. The minimum Gasteiger partial charge on any atom is -0.304 e. The van der Waals surface area contributed by atoms with E-state index in [1.54, 1.807) is 28.8 Å². The first kappa shape index (κ1) is 23.0. The monoisotopic (exact) mass is 489 g/mol. The van der Waals surface area contributed by atoms with Gasteiger partial charge in [-0.05, 0) is 31.2 Å². The van der Waals surface area contributed by atoms with E-state index in [4.69, 9.17) is 0 Å². The number of carbonyl (C=O) groups excluding carboxylic acids is 1. The van der Waals surface area contributed by atoms with Crippen LogP contribution in [-0.4, -0.2) is 25.1 Å². The summed E-state index contributed by atoms with van der Waals surface area (Å²) < 4.78 is 43.4. The lowest BCUT2D eigenvalue weighted by Gasteiger charge is -2.16. The van der Waals surface area contributed by atoms with E-state index in [1.807, 2.05) is 30.3 Å². The van der Waals surface area contributed by atoms with Crippen molar-refractivity contribution < 1.29 is 18.0 Å². The number of alkyl halides is 3. The molecule has 5 rings (SSSR count). The van der Waals surface area contributed by atoms with E-state index < -0.39 is 28.8 Å². The van der Waals surface area contributed by atoms with Crippen LogP contribution in [-0.2, 0) is 6.18 Å². The van der Waals surface area contributed by atoms with Gasteiger partial charge < -0.3 is 5.32 Å². The predicted octanol–water partition coefficient (Wildman–Crippen LogP) is 5.13. The molecule has 0 atom stereocenters. The van der Waals surface area contributed by atoms with Crippen molar-refractivity contribution in [1.29, 1.82) is 0 Å². The number of imidazole rings is 1. The Kier molecular flexibility index (Phi) is 5.63. The molecule has 3 aromatic heterocycles. The molecule has 0 radical (unpaired) electrons. The zero-order chi connectivity index (χ0) is 25.4. The van der Waals surface area contributed by atoms with Gasteiger partial charge in [-0.15, -0.1) is 0 Å². The molecule has 2 aromatic carbocycles. The average Bonchev–Trinajstić information content (AvgIpc) is 3.22. The summed E-state index contributed by atoms with van der Waals surface area (Å²) >= 11 is 0. The summed E-state index contributed by atoms with van der Waals surface area (Å²) in [6, 6.07) is 20.3. The second-order valence-electron chi connectivity index (χ2n) is 7.98. The minimum absolute atomic E-state index is 0.146. The molecule has 0 saturated heterocycles. The van der Waals surface area contributed by atoms with Crippen LogP contribution in [0.4, 0.5) is 19.0 Å². The van der Waals surface area contributed by atoms with Crippen LogP contribution in [0.15, 0.2) is 89.9 Å². The van der Waals surface area contributed by atoms with E-state index in [0.717, 1.165) is 22.4 Å². The summed E-state index contributed by atoms with van der Waals surface area (Å²) in [6.45, 7) is 1.45. The molecule has 180 valence electrons. The van der Waals surface area contributed by atoms with Crippen LogP contribution in [0, 0.1) is 6.92 Å². The Balaban J connectivity index is 1.62. The molecule has 5 aromatic rings. The third kappa shape index (κ3) is 4.13. The number of anilines is 1.